The molecule has 124 valence electrons. The lowest BCUT2D eigenvalue weighted by Gasteiger charge is -2.14. The van der Waals surface area contributed by atoms with E-state index in [4.69, 9.17) is 4.74 Å². The highest BCUT2D eigenvalue weighted by atomic mass is 19.1. The molecule has 0 bridgehead atoms. The lowest BCUT2D eigenvalue weighted by atomic mass is 10.0. The minimum atomic E-state index is -0.406. The molecule has 0 radical (unpaired) electrons. The molecule has 0 aliphatic carbocycles. The molecule has 2 aromatic heterocycles. The first-order valence-corrected chi connectivity index (χ1v) is 7.66. The number of benzene rings is 1. The summed E-state index contributed by atoms with van der Waals surface area (Å²) in [5.41, 5.74) is 3.08. The number of aromatic amines is 2. The van der Waals surface area contributed by atoms with Gasteiger partial charge in [0.15, 0.2) is 0 Å². The van der Waals surface area contributed by atoms with Gasteiger partial charge in [0.05, 0.1) is 23.6 Å². The van der Waals surface area contributed by atoms with E-state index in [1.165, 1.54) is 12.1 Å². The van der Waals surface area contributed by atoms with Crippen molar-refractivity contribution in [3.63, 3.8) is 0 Å². The summed E-state index contributed by atoms with van der Waals surface area (Å²) in [6.07, 6.45) is 1.53. The van der Waals surface area contributed by atoms with Gasteiger partial charge in [-0.15, -0.1) is 0 Å². The Hall–Kier alpha value is -2.89. The van der Waals surface area contributed by atoms with Crippen LogP contribution in [0, 0.1) is 12.7 Å². The average Bonchev–Trinajstić information content (AvgIpc) is 2.93. The van der Waals surface area contributed by atoms with Gasteiger partial charge in [-0.3, -0.25) is 9.89 Å². The van der Waals surface area contributed by atoms with E-state index in [-0.39, 0.29) is 11.7 Å². The Morgan fingerprint density at radius 2 is 1.88 bits per heavy atom. The maximum atomic E-state index is 13.5. The smallest absolute Gasteiger partial charge is 0.256 e. The van der Waals surface area contributed by atoms with E-state index >= 15 is 0 Å². The zero-order chi connectivity index (χ0) is 17.3. The zero-order valence-electron chi connectivity index (χ0n) is 13.7. The van der Waals surface area contributed by atoms with Crippen LogP contribution in [0.3, 0.4) is 0 Å². The first kappa shape index (κ1) is 16.0. The predicted molar refractivity (Wildman–Crippen MR) is 90.5 cm³/mol. The highest BCUT2D eigenvalue weighted by Gasteiger charge is 2.14. The quantitative estimate of drug-likeness (QED) is 0.768. The Labute approximate surface area is 138 Å². The van der Waals surface area contributed by atoms with Crippen molar-refractivity contribution >= 4 is 0 Å². The first-order valence-electron chi connectivity index (χ1n) is 7.66. The molecule has 2 N–H and O–H groups in total. The lowest BCUT2D eigenvalue weighted by Crippen LogP contribution is -2.12. The fourth-order valence-electron chi connectivity index (χ4n) is 2.54. The monoisotopic (exact) mass is 327 g/mol. The van der Waals surface area contributed by atoms with E-state index in [1.54, 1.807) is 24.4 Å². The van der Waals surface area contributed by atoms with Crippen molar-refractivity contribution in [1.29, 1.82) is 0 Å². The fourth-order valence-corrected chi connectivity index (χ4v) is 2.54. The number of nitrogens with zero attached hydrogens (tertiary/aromatic N) is 1. The van der Waals surface area contributed by atoms with Crippen LogP contribution < -0.4 is 10.3 Å². The number of aryl methyl sites for hydroxylation is 1. The van der Waals surface area contributed by atoms with E-state index < -0.39 is 5.82 Å². The van der Waals surface area contributed by atoms with Gasteiger partial charge in [0, 0.05) is 22.9 Å². The number of nitrogens with one attached hydrogen (secondary N) is 2. The van der Waals surface area contributed by atoms with Crippen LogP contribution in [0.1, 0.15) is 19.5 Å². The molecule has 0 amide bonds. The number of pyridine rings is 1. The molecule has 6 heteroatoms. The molecular formula is C18H18FN3O2. The molecule has 5 nitrogen and oxygen atoms in total. The fraction of sp³-hybridized carbons (Fsp3) is 0.222. The number of hydrogen-bond donors (Lipinski definition) is 2. The topological polar surface area (TPSA) is 70.8 Å². The molecular weight excluding hydrogens is 309 g/mol. The highest BCUT2D eigenvalue weighted by molar-refractivity contribution is 5.72. The highest BCUT2D eigenvalue weighted by Crippen LogP contribution is 2.30. The number of H-pyrrole nitrogens is 2. The van der Waals surface area contributed by atoms with E-state index in [0.717, 1.165) is 11.3 Å². The zero-order valence-corrected chi connectivity index (χ0v) is 13.7. The summed E-state index contributed by atoms with van der Waals surface area (Å²) in [4.78, 5) is 15.4. The summed E-state index contributed by atoms with van der Waals surface area (Å²) in [5, 5.41) is 6.79. The van der Waals surface area contributed by atoms with Crippen molar-refractivity contribution in [2.75, 3.05) is 0 Å². The van der Waals surface area contributed by atoms with Crippen LogP contribution in [-0.2, 0) is 0 Å². The van der Waals surface area contributed by atoms with Gasteiger partial charge in [-0.05, 0) is 45.0 Å². The second-order valence-electron chi connectivity index (χ2n) is 5.83. The Morgan fingerprint density at radius 1 is 1.12 bits per heavy atom. The normalized spacial score (nSPS) is 11.0. The Morgan fingerprint density at radius 3 is 2.50 bits per heavy atom. The molecule has 0 saturated carbocycles. The summed E-state index contributed by atoms with van der Waals surface area (Å²) >= 11 is 0. The van der Waals surface area contributed by atoms with Crippen molar-refractivity contribution in [3.8, 4) is 28.1 Å². The molecule has 0 atom stereocenters. The van der Waals surface area contributed by atoms with E-state index in [0.29, 0.717) is 22.6 Å². The van der Waals surface area contributed by atoms with E-state index in [2.05, 4.69) is 15.2 Å². The molecule has 3 aromatic rings. The van der Waals surface area contributed by atoms with Crippen LogP contribution in [0.4, 0.5) is 4.39 Å². The molecule has 24 heavy (non-hydrogen) atoms. The third-order valence-electron chi connectivity index (χ3n) is 3.63. The molecule has 1 aromatic carbocycles. The maximum Gasteiger partial charge on any atom is 0.256 e. The predicted octanol–water partition coefficient (Wildman–Crippen LogP) is 3.67. The number of halogens is 1. The molecule has 0 unspecified atom stereocenters. The van der Waals surface area contributed by atoms with Crippen LogP contribution in [0.2, 0.25) is 0 Å². The van der Waals surface area contributed by atoms with Crippen LogP contribution >= 0.6 is 0 Å². The molecule has 0 aliphatic rings. The molecule has 2 heterocycles. The van der Waals surface area contributed by atoms with Gasteiger partial charge in [-0.1, -0.05) is 0 Å². The van der Waals surface area contributed by atoms with Crippen molar-refractivity contribution in [2.45, 2.75) is 26.9 Å². The largest absolute Gasteiger partial charge is 0.490 e. The minimum Gasteiger partial charge on any atom is -0.490 e. The third-order valence-corrected chi connectivity index (χ3v) is 3.63. The molecule has 0 aliphatic heterocycles. The standard InChI is InChI=1S/C18H18FN3O2/c1-10(2)24-17-8-12(19)4-5-13(17)14-6-7-16(21-18(14)23)15-9-20-22-11(15)3/h4-10H,1-3H3,(H,20,22)(H,21,23). The van der Waals surface area contributed by atoms with Gasteiger partial charge in [-0.2, -0.15) is 5.10 Å². The lowest BCUT2D eigenvalue weighted by molar-refractivity contribution is 0.242. The maximum absolute atomic E-state index is 13.5. The Bertz CT molecular complexity index is 928. The van der Waals surface area contributed by atoms with Crippen molar-refractivity contribution in [2.24, 2.45) is 0 Å². The second kappa shape index (κ2) is 6.31. The molecule has 0 fully saturated rings. The minimum absolute atomic E-state index is 0.127. The summed E-state index contributed by atoms with van der Waals surface area (Å²) in [6.45, 7) is 5.58. The third kappa shape index (κ3) is 3.08. The van der Waals surface area contributed by atoms with Crippen LogP contribution in [0.5, 0.6) is 5.75 Å². The second-order valence-corrected chi connectivity index (χ2v) is 5.83. The first-order chi connectivity index (χ1) is 11.5. The summed E-state index contributed by atoms with van der Waals surface area (Å²) in [6, 6.07) is 7.68. The van der Waals surface area contributed by atoms with Crippen LogP contribution in [0.15, 0.2) is 41.3 Å². The number of ether oxygens (including phenoxy) is 1. The Kier molecular flexibility index (Phi) is 4.20. The SMILES string of the molecule is Cc1[nH]ncc1-c1ccc(-c2ccc(F)cc2OC(C)C)c(=O)[nH]1. The van der Waals surface area contributed by atoms with Gasteiger partial charge in [0.25, 0.3) is 5.56 Å². The van der Waals surface area contributed by atoms with Crippen molar-refractivity contribution < 1.29 is 9.13 Å². The summed E-state index contributed by atoms with van der Waals surface area (Å²) < 4.78 is 19.2. The van der Waals surface area contributed by atoms with Gasteiger partial charge in [-0.25, -0.2) is 4.39 Å². The van der Waals surface area contributed by atoms with E-state index in [9.17, 15) is 9.18 Å². The van der Waals surface area contributed by atoms with Crippen LogP contribution in [0.25, 0.3) is 22.4 Å². The molecule has 0 spiro atoms. The van der Waals surface area contributed by atoms with Crippen molar-refractivity contribution in [1.82, 2.24) is 15.2 Å². The van der Waals surface area contributed by atoms with Crippen molar-refractivity contribution in [3.05, 3.63) is 58.4 Å². The Balaban J connectivity index is 2.08. The van der Waals surface area contributed by atoms with Gasteiger partial charge in [0.1, 0.15) is 11.6 Å². The molecule has 0 saturated heterocycles. The van der Waals surface area contributed by atoms with Crippen LogP contribution in [-0.4, -0.2) is 21.3 Å². The van der Waals surface area contributed by atoms with Gasteiger partial charge < -0.3 is 9.72 Å². The van der Waals surface area contributed by atoms with Gasteiger partial charge in [0.2, 0.25) is 0 Å². The average molecular weight is 327 g/mol. The summed E-state index contributed by atoms with van der Waals surface area (Å²) in [7, 11) is 0. The number of aromatic nitrogens is 3. The number of rotatable bonds is 4. The number of hydrogen-bond acceptors (Lipinski definition) is 3. The summed E-state index contributed by atoms with van der Waals surface area (Å²) in [5.74, 6) is -0.0563. The van der Waals surface area contributed by atoms with Gasteiger partial charge >= 0.3 is 0 Å². The molecule has 3 rings (SSSR count). The van der Waals surface area contributed by atoms with E-state index in [1.807, 2.05) is 20.8 Å².